The van der Waals surface area contributed by atoms with Crippen LogP contribution in [0, 0.1) is 0 Å². The van der Waals surface area contributed by atoms with Crippen molar-refractivity contribution in [2.24, 2.45) is 0 Å². The molecule has 0 radical (unpaired) electrons. The van der Waals surface area contributed by atoms with Crippen molar-refractivity contribution in [1.82, 2.24) is 5.32 Å². The minimum atomic E-state index is -0.307. The Bertz CT molecular complexity index is 579. The minimum absolute atomic E-state index is 0.0204. The van der Waals surface area contributed by atoms with E-state index in [9.17, 15) is 5.11 Å². The lowest BCUT2D eigenvalue weighted by atomic mass is 9.95. The lowest BCUT2D eigenvalue weighted by Gasteiger charge is -2.31. The molecular formula is C18H25NO2. The van der Waals surface area contributed by atoms with E-state index < -0.39 is 0 Å². The number of aliphatic hydroxyl groups excluding tert-OH is 1. The number of benzene rings is 2. The summed E-state index contributed by atoms with van der Waals surface area (Å²) in [6.07, 6.45) is 0.771. The molecule has 0 saturated heterocycles. The van der Waals surface area contributed by atoms with Gasteiger partial charge in [0.1, 0.15) is 5.75 Å². The van der Waals surface area contributed by atoms with Crippen LogP contribution in [0.5, 0.6) is 5.75 Å². The number of hydrogen-bond acceptors (Lipinski definition) is 3. The molecule has 0 aliphatic carbocycles. The molecule has 0 aliphatic heterocycles. The van der Waals surface area contributed by atoms with Gasteiger partial charge >= 0.3 is 0 Å². The highest BCUT2D eigenvalue weighted by atomic mass is 16.5. The van der Waals surface area contributed by atoms with Crippen molar-refractivity contribution in [3.05, 3.63) is 42.5 Å². The highest BCUT2D eigenvalue weighted by Gasteiger charge is 2.25. The third-order valence-corrected chi connectivity index (χ3v) is 3.77. The van der Waals surface area contributed by atoms with Crippen molar-refractivity contribution in [2.75, 3.05) is 13.2 Å². The van der Waals surface area contributed by atoms with E-state index in [2.05, 4.69) is 23.5 Å². The lowest BCUT2D eigenvalue weighted by Crippen LogP contribution is -2.48. The van der Waals surface area contributed by atoms with Crippen molar-refractivity contribution in [2.45, 2.75) is 38.8 Å². The van der Waals surface area contributed by atoms with Gasteiger partial charge in [-0.1, -0.05) is 43.3 Å². The Labute approximate surface area is 126 Å². The van der Waals surface area contributed by atoms with Crippen LogP contribution >= 0.6 is 0 Å². The molecule has 0 spiro atoms. The average molecular weight is 287 g/mol. The average Bonchev–Trinajstić information content (AvgIpc) is 2.48. The molecule has 2 unspecified atom stereocenters. The fraction of sp³-hybridized carbons (Fsp3) is 0.444. The Morgan fingerprint density at radius 2 is 1.90 bits per heavy atom. The van der Waals surface area contributed by atoms with Crippen LogP contribution in [0.4, 0.5) is 0 Å². The second-order valence-electron chi connectivity index (χ2n) is 5.86. The molecule has 0 fully saturated rings. The zero-order valence-electron chi connectivity index (χ0n) is 13.1. The van der Waals surface area contributed by atoms with Gasteiger partial charge in [-0.15, -0.1) is 0 Å². The summed E-state index contributed by atoms with van der Waals surface area (Å²) in [7, 11) is 0. The molecule has 3 nitrogen and oxygen atoms in total. The number of likely N-dealkylation sites (N-methyl/N-ethyl adjacent to an activating group) is 1. The monoisotopic (exact) mass is 287 g/mol. The summed E-state index contributed by atoms with van der Waals surface area (Å²) in [6.45, 7) is 7.05. The number of rotatable bonds is 7. The van der Waals surface area contributed by atoms with Crippen LogP contribution in [-0.4, -0.2) is 29.9 Å². The SMILES string of the molecule is CCNC(C)(CO)CC(C)Oc1cccc2ccccc12. The molecule has 0 aromatic heterocycles. The van der Waals surface area contributed by atoms with Crippen LogP contribution < -0.4 is 10.1 Å². The molecule has 0 aliphatic rings. The number of ether oxygens (including phenoxy) is 1. The molecule has 21 heavy (non-hydrogen) atoms. The van der Waals surface area contributed by atoms with Gasteiger partial charge in [-0.05, 0) is 31.8 Å². The van der Waals surface area contributed by atoms with Crippen molar-refractivity contribution in [3.8, 4) is 5.75 Å². The molecule has 2 rings (SSSR count). The van der Waals surface area contributed by atoms with Crippen molar-refractivity contribution >= 4 is 10.8 Å². The van der Waals surface area contributed by atoms with Gasteiger partial charge in [0, 0.05) is 17.3 Å². The molecule has 0 bridgehead atoms. The highest BCUT2D eigenvalue weighted by Crippen LogP contribution is 2.27. The molecule has 2 N–H and O–H groups in total. The predicted octanol–water partition coefficient (Wildman–Crippen LogP) is 3.36. The summed E-state index contributed by atoms with van der Waals surface area (Å²) < 4.78 is 6.12. The van der Waals surface area contributed by atoms with E-state index >= 15 is 0 Å². The summed E-state index contributed by atoms with van der Waals surface area (Å²) >= 11 is 0. The second-order valence-corrected chi connectivity index (χ2v) is 5.86. The first-order valence-electron chi connectivity index (χ1n) is 7.58. The van der Waals surface area contributed by atoms with Crippen LogP contribution in [0.25, 0.3) is 10.8 Å². The predicted molar refractivity (Wildman–Crippen MR) is 87.8 cm³/mol. The van der Waals surface area contributed by atoms with Gasteiger partial charge < -0.3 is 15.2 Å². The van der Waals surface area contributed by atoms with Gasteiger partial charge in [-0.25, -0.2) is 0 Å². The number of fused-ring (bicyclic) bond motifs is 1. The van der Waals surface area contributed by atoms with E-state index in [1.54, 1.807) is 0 Å². The largest absolute Gasteiger partial charge is 0.490 e. The van der Waals surface area contributed by atoms with Crippen molar-refractivity contribution in [3.63, 3.8) is 0 Å². The number of nitrogens with one attached hydrogen (secondary N) is 1. The molecule has 2 aromatic carbocycles. The summed E-state index contributed by atoms with van der Waals surface area (Å²) in [6, 6.07) is 14.3. The van der Waals surface area contributed by atoms with E-state index in [-0.39, 0.29) is 18.2 Å². The van der Waals surface area contributed by atoms with Crippen LogP contribution in [0.3, 0.4) is 0 Å². The third-order valence-electron chi connectivity index (χ3n) is 3.77. The molecule has 0 heterocycles. The third kappa shape index (κ3) is 3.96. The quantitative estimate of drug-likeness (QED) is 0.820. The van der Waals surface area contributed by atoms with E-state index in [1.165, 1.54) is 5.39 Å². The van der Waals surface area contributed by atoms with Gasteiger partial charge in [0.25, 0.3) is 0 Å². The molecular weight excluding hydrogens is 262 g/mol. The molecule has 0 saturated carbocycles. The standard InChI is InChI=1S/C18H25NO2/c1-4-19-18(3,13-20)12-14(2)21-17-11-7-9-15-8-5-6-10-16(15)17/h5-11,14,19-20H,4,12-13H2,1-3H3. The molecule has 2 atom stereocenters. The Morgan fingerprint density at radius 1 is 1.19 bits per heavy atom. The molecule has 3 heteroatoms. The summed E-state index contributed by atoms with van der Waals surface area (Å²) in [5.41, 5.74) is -0.307. The zero-order valence-corrected chi connectivity index (χ0v) is 13.1. The topological polar surface area (TPSA) is 41.5 Å². The van der Waals surface area contributed by atoms with E-state index in [0.717, 1.165) is 24.1 Å². The lowest BCUT2D eigenvalue weighted by molar-refractivity contribution is 0.112. The number of hydrogen-bond donors (Lipinski definition) is 2. The first kappa shape index (κ1) is 15.8. The summed E-state index contributed by atoms with van der Waals surface area (Å²) in [5.74, 6) is 0.900. The van der Waals surface area contributed by atoms with Crippen LogP contribution in [-0.2, 0) is 0 Å². The smallest absolute Gasteiger partial charge is 0.127 e. The number of aliphatic hydroxyl groups is 1. The van der Waals surface area contributed by atoms with Crippen LogP contribution in [0.15, 0.2) is 42.5 Å². The van der Waals surface area contributed by atoms with Crippen LogP contribution in [0.1, 0.15) is 27.2 Å². The molecule has 0 amide bonds. The Balaban J connectivity index is 2.13. The van der Waals surface area contributed by atoms with Gasteiger partial charge in [0.05, 0.1) is 12.7 Å². The fourth-order valence-electron chi connectivity index (χ4n) is 2.81. The van der Waals surface area contributed by atoms with Crippen molar-refractivity contribution < 1.29 is 9.84 Å². The van der Waals surface area contributed by atoms with Crippen LogP contribution in [0.2, 0.25) is 0 Å². The summed E-state index contributed by atoms with van der Waals surface area (Å²) in [4.78, 5) is 0. The Kier molecular flexibility index (Phi) is 5.21. The zero-order chi connectivity index (χ0) is 15.3. The van der Waals surface area contributed by atoms with E-state index in [0.29, 0.717) is 0 Å². The maximum atomic E-state index is 9.59. The Hall–Kier alpha value is -1.58. The normalized spacial score (nSPS) is 15.6. The van der Waals surface area contributed by atoms with Gasteiger partial charge in [-0.2, -0.15) is 0 Å². The molecule has 114 valence electrons. The second kappa shape index (κ2) is 6.92. The van der Waals surface area contributed by atoms with Gasteiger partial charge in [0.2, 0.25) is 0 Å². The molecule has 2 aromatic rings. The highest BCUT2D eigenvalue weighted by molar-refractivity contribution is 5.88. The minimum Gasteiger partial charge on any atom is -0.490 e. The first-order chi connectivity index (χ1) is 10.1. The maximum absolute atomic E-state index is 9.59. The van der Waals surface area contributed by atoms with Gasteiger partial charge in [0.15, 0.2) is 0 Å². The fourth-order valence-corrected chi connectivity index (χ4v) is 2.81. The Morgan fingerprint density at radius 3 is 2.62 bits per heavy atom. The van der Waals surface area contributed by atoms with E-state index in [4.69, 9.17) is 4.74 Å². The first-order valence-corrected chi connectivity index (χ1v) is 7.58. The van der Waals surface area contributed by atoms with Gasteiger partial charge in [-0.3, -0.25) is 0 Å². The van der Waals surface area contributed by atoms with Crippen molar-refractivity contribution in [1.29, 1.82) is 0 Å². The van der Waals surface area contributed by atoms with E-state index in [1.807, 2.05) is 45.0 Å². The maximum Gasteiger partial charge on any atom is 0.127 e. The summed E-state index contributed by atoms with van der Waals surface area (Å²) in [5, 5.41) is 15.2.